The Morgan fingerprint density at radius 3 is 2.58 bits per heavy atom. The van der Waals surface area contributed by atoms with Gasteiger partial charge in [0.2, 0.25) is 0 Å². The van der Waals surface area contributed by atoms with Crippen LogP contribution in [0.2, 0.25) is 0 Å². The van der Waals surface area contributed by atoms with E-state index in [1.165, 1.54) is 22.3 Å². The average Bonchev–Trinajstić information content (AvgIpc) is 2.40. The minimum absolute atomic E-state index is 0.329. The van der Waals surface area contributed by atoms with Crippen LogP contribution < -0.4 is 5.32 Å². The number of nitrogens with one attached hydrogen (secondary N) is 1. The third kappa shape index (κ3) is 3.68. The molecule has 0 radical (unpaired) electrons. The van der Waals surface area contributed by atoms with Gasteiger partial charge < -0.3 is 5.32 Å². The molecule has 0 spiro atoms. The predicted molar refractivity (Wildman–Crippen MR) is 85.3 cm³/mol. The Bertz CT molecular complexity index is 563. The van der Waals surface area contributed by atoms with Crippen LogP contribution in [-0.2, 0) is 6.54 Å². The van der Waals surface area contributed by atoms with Gasteiger partial charge in [-0.2, -0.15) is 0 Å². The second-order valence-electron chi connectivity index (χ2n) is 5.05. The molecule has 0 aliphatic rings. The van der Waals surface area contributed by atoms with Crippen molar-refractivity contribution in [3.05, 3.63) is 69.2 Å². The Balaban J connectivity index is 2.06. The minimum Gasteiger partial charge on any atom is -0.306 e. The molecule has 19 heavy (non-hydrogen) atoms. The molecule has 0 bridgehead atoms. The van der Waals surface area contributed by atoms with Gasteiger partial charge in [-0.1, -0.05) is 57.9 Å². The highest BCUT2D eigenvalue weighted by Crippen LogP contribution is 2.23. The van der Waals surface area contributed by atoms with E-state index in [-0.39, 0.29) is 0 Å². The minimum atomic E-state index is 0.329. The SMILES string of the molecule is Cc1ccc(C)c(CN[C@@H](C)c2ccccc2Br)c1. The van der Waals surface area contributed by atoms with Gasteiger partial charge in [-0.15, -0.1) is 0 Å². The maximum absolute atomic E-state index is 3.61. The normalized spacial score (nSPS) is 12.4. The smallest absolute Gasteiger partial charge is 0.0306 e. The molecule has 0 amide bonds. The first kappa shape index (κ1) is 14.3. The van der Waals surface area contributed by atoms with E-state index >= 15 is 0 Å². The quantitative estimate of drug-likeness (QED) is 0.844. The van der Waals surface area contributed by atoms with E-state index < -0.39 is 0 Å². The van der Waals surface area contributed by atoms with Gasteiger partial charge in [-0.05, 0) is 43.5 Å². The van der Waals surface area contributed by atoms with E-state index in [0.717, 1.165) is 11.0 Å². The fourth-order valence-electron chi connectivity index (χ4n) is 2.19. The first-order chi connectivity index (χ1) is 9.08. The van der Waals surface area contributed by atoms with Gasteiger partial charge in [0.15, 0.2) is 0 Å². The summed E-state index contributed by atoms with van der Waals surface area (Å²) >= 11 is 3.61. The molecule has 0 unspecified atom stereocenters. The maximum Gasteiger partial charge on any atom is 0.0306 e. The van der Waals surface area contributed by atoms with Crippen molar-refractivity contribution in [2.45, 2.75) is 33.4 Å². The summed E-state index contributed by atoms with van der Waals surface area (Å²) in [6.07, 6.45) is 0. The highest BCUT2D eigenvalue weighted by molar-refractivity contribution is 9.10. The molecule has 0 aliphatic carbocycles. The molecular formula is C17H20BrN. The molecule has 0 heterocycles. The van der Waals surface area contributed by atoms with Crippen LogP contribution in [0, 0.1) is 13.8 Å². The van der Waals surface area contributed by atoms with E-state index in [1.807, 2.05) is 6.07 Å². The lowest BCUT2D eigenvalue weighted by molar-refractivity contribution is 0.571. The van der Waals surface area contributed by atoms with Crippen LogP contribution in [-0.4, -0.2) is 0 Å². The Hall–Kier alpha value is -1.12. The van der Waals surface area contributed by atoms with Crippen molar-refractivity contribution in [3.8, 4) is 0 Å². The lowest BCUT2D eigenvalue weighted by Gasteiger charge is -2.17. The van der Waals surface area contributed by atoms with E-state index in [1.54, 1.807) is 0 Å². The molecule has 1 nitrogen and oxygen atoms in total. The van der Waals surface area contributed by atoms with Crippen LogP contribution in [0.4, 0.5) is 0 Å². The number of benzene rings is 2. The summed E-state index contributed by atoms with van der Waals surface area (Å²) in [5, 5.41) is 3.59. The lowest BCUT2D eigenvalue weighted by Crippen LogP contribution is -2.19. The summed E-state index contributed by atoms with van der Waals surface area (Å²) in [5.41, 5.74) is 5.33. The monoisotopic (exact) mass is 317 g/mol. The topological polar surface area (TPSA) is 12.0 Å². The molecule has 0 saturated heterocycles. The maximum atomic E-state index is 3.61. The van der Waals surface area contributed by atoms with E-state index in [9.17, 15) is 0 Å². The summed E-state index contributed by atoms with van der Waals surface area (Å²) in [5.74, 6) is 0. The van der Waals surface area contributed by atoms with Gasteiger partial charge in [-0.25, -0.2) is 0 Å². The van der Waals surface area contributed by atoms with E-state index in [0.29, 0.717) is 6.04 Å². The Labute approximate surface area is 124 Å². The van der Waals surface area contributed by atoms with Crippen LogP contribution in [0.5, 0.6) is 0 Å². The molecule has 1 N–H and O–H groups in total. The van der Waals surface area contributed by atoms with Crippen LogP contribution in [0.3, 0.4) is 0 Å². The number of aryl methyl sites for hydroxylation is 2. The summed E-state index contributed by atoms with van der Waals surface area (Å²) in [4.78, 5) is 0. The number of halogens is 1. The van der Waals surface area contributed by atoms with Crippen LogP contribution in [0.15, 0.2) is 46.9 Å². The number of rotatable bonds is 4. The van der Waals surface area contributed by atoms with E-state index in [2.05, 4.69) is 78.4 Å². The Morgan fingerprint density at radius 2 is 1.84 bits per heavy atom. The van der Waals surface area contributed by atoms with Gasteiger partial charge in [-0.3, -0.25) is 0 Å². The zero-order chi connectivity index (χ0) is 13.8. The van der Waals surface area contributed by atoms with Gasteiger partial charge in [0.1, 0.15) is 0 Å². The van der Waals surface area contributed by atoms with Crippen molar-refractivity contribution in [1.82, 2.24) is 5.32 Å². The molecule has 100 valence electrons. The Morgan fingerprint density at radius 1 is 1.11 bits per heavy atom. The molecule has 0 saturated carbocycles. The molecule has 2 aromatic carbocycles. The zero-order valence-electron chi connectivity index (χ0n) is 11.7. The number of hydrogen-bond acceptors (Lipinski definition) is 1. The third-order valence-corrected chi connectivity index (χ3v) is 4.20. The van der Waals surface area contributed by atoms with Crippen molar-refractivity contribution in [2.75, 3.05) is 0 Å². The van der Waals surface area contributed by atoms with E-state index in [4.69, 9.17) is 0 Å². The van der Waals surface area contributed by atoms with Crippen LogP contribution >= 0.6 is 15.9 Å². The van der Waals surface area contributed by atoms with Gasteiger partial charge >= 0.3 is 0 Å². The van der Waals surface area contributed by atoms with Crippen LogP contribution in [0.1, 0.15) is 35.2 Å². The molecule has 0 aromatic heterocycles. The Kier molecular flexibility index (Phi) is 4.78. The largest absolute Gasteiger partial charge is 0.306 e. The second kappa shape index (κ2) is 6.36. The summed E-state index contributed by atoms with van der Waals surface area (Å²) < 4.78 is 1.16. The standard InChI is InChI=1S/C17H20BrN/c1-12-8-9-13(2)15(10-12)11-19-14(3)16-6-4-5-7-17(16)18/h4-10,14,19H,11H2,1-3H3/t14-/m0/s1. The summed E-state index contributed by atoms with van der Waals surface area (Å²) in [7, 11) is 0. The van der Waals surface area contributed by atoms with Gasteiger partial charge in [0.25, 0.3) is 0 Å². The van der Waals surface area contributed by atoms with Crippen molar-refractivity contribution in [1.29, 1.82) is 0 Å². The second-order valence-corrected chi connectivity index (χ2v) is 5.91. The summed E-state index contributed by atoms with van der Waals surface area (Å²) in [6, 6.07) is 15.3. The lowest BCUT2D eigenvalue weighted by atomic mass is 10.0. The predicted octanol–water partition coefficient (Wildman–Crippen LogP) is 4.92. The van der Waals surface area contributed by atoms with Crippen molar-refractivity contribution >= 4 is 15.9 Å². The first-order valence-corrected chi connectivity index (χ1v) is 7.41. The van der Waals surface area contributed by atoms with Crippen molar-refractivity contribution in [3.63, 3.8) is 0 Å². The van der Waals surface area contributed by atoms with Gasteiger partial charge in [0.05, 0.1) is 0 Å². The molecular weight excluding hydrogens is 298 g/mol. The third-order valence-electron chi connectivity index (χ3n) is 3.48. The molecule has 0 fully saturated rings. The highest BCUT2D eigenvalue weighted by atomic mass is 79.9. The van der Waals surface area contributed by atoms with Crippen molar-refractivity contribution < 1.29 is 0 Å². The fraction of sp³-hybridized carbons (Fsp3) is 0.294. The molecule has 0 aliphatic heterocycles. The fourth-order valence-corrected chi connectivity index (χ4v) is 2.82. The highest BCUT2D eigenvalue weighted by Gasteiger charge is 2.08. The molecule has 2 heteroatoms. The molecule has 1 atom stereocenters. The first-order valence-electron chi connectivity index (χ1n) is 6.62. The van der Waals surface area contributed by atoms with Gasteiger partial charge in [0, 0.05) is 17.1 Å². The summed E-state index contributed by atoms with van der Waals surface area (Å²) in [6.45, 7) is 7.40. The van der Waals surface area contributed by atoms with Crippen LogP contribution in [0.25, 0.3) is 0 Å². The number of hydrogen-bond donors (Lipinski definition) is 1. The average molecular weight is 318 g/mol. The molecule has 2 aromatic rings. The zero-order valence-corrected chi connectivity index (χ0v) is 13.3. The van der Waals surface area contributed by atoms with Crippen molar-refractivity contribution in [2.24, 2.45) is 0 Å². The molecule has 2 rings (SSSR count).